The summed E-state index contributed by atoms with van der Waals surface area (Å²) in [7, 11) is 0. The fraction of sp³-hybridized carbons (Fsp3) is 0.174. The van der Waals surface area contributed by atoms with Crippen molar-refractivity contribution in [2.45, 2.75) is 25.9 Å². The largest absolute Gasteiger partial charge is 0.459 e. The number of furan rings is 1. The molecule has 4 rings (SSSR count). The number of hydrogen-bond donors (Lipinski definition) is 1. The molecule has 1 aliphatic rings. The predicted octanol–water partition coefficient (Wildman–Crippen LogP) is 3.41. The van der Waals surface area contributed by atoms with Gasteiger partial charge >= 0.3 is 5.97 Å². The summed E-state index contributed by atoms with van der Waals surface area (Å²) in [6, 6.07) is 16.6. The monoisotopic (exact) mass is 404 g/mol. The maximum Gasteiger partial charge on any atom is 0.334 e. The van der Waals surface area contributed by atoms with E-state index in [0.29, 0.717) is 17.9 Å². The molecule has 1 atom stereocenters. The van der Waals surface area contributed by atoms with Crippen molar-refractivity contribution in [1.29, 1.82) is 0 Å². The summed E-state index contributed by atoms with van der Waals surface area (Å²) in [6.07, 6.45) is 1.78. The zero-order valence-electron chi connectivity index (χ0n) is 16.3. The van der Waals surface area contributed by atoms with Crippen molar-refractivity contribution in [2.75, 3.05) is 5.32 Å². The number of rotatable bonds is 4. The van der Waals surface area contributed by atoms with E-state index >= 15 is 0 Å². The zero-order valence-corrected chi connectivity index (χ0v) is 16.3. The number of nitrogens with one attached hydrogen (secondary N) is 1. The van der Waals surface area contributed by atoms with Crippen LogP contribution in [0.2, 0.25) is 0 Å². The van der Waals surface area contributed by atoms with Gasteiger partial charge in [0, 0.05) is 25.6 Å². The molecule has 0 saturated carbocycles. The number of benzene rings is 2. The highest BCUT2D eigenvalue weighted by Crippen LogP contribution is 2.27. The Balaban J connectivity index is 1.56. The Hall–Kier alpha value is -3.87. The highest BCUT2D eigenvalue weighted by atomic mass is 16.5. The number of nitrogens with zero attached hydrogens (tertiary/aromatic N) is 1. The molecule has 1 N–H and O–H groups in total. The lowest BCUT2D eigenvalue weighted by molar-refractivity contribution is -0.140. The summed E-state index contributed by atoms with van der Waals surface area (Å²) < 4.78 is 10.8. The molecule has 152 valence electrons. The van der Waals surface area contributed by atoms with Crippen LogP contribution in [0.15, 0.2) is 71.3 Å². The molecule has 2 heterocycles. The molecule has 3 aromatic rings. The van der Waals surface area contributed by atoms with E-state index in [9.17, 15) is 14.4 Å². The van der Waals surface area contributed by atoms with Crippen LogP contribution in [-0.2, 0) is 22.6 Å². The first-order valence-corrected chi connectivity index (χ1v) is 9.52. The van der Waals surface area contributed by atoms with Gasteiger partial charge in [0.2, 0.25) is 5.91 Å². The summed E-state index contributed by atoms with van der Waals surface area (Å²) in [5.41, 5.74) is 2.59. The SMILES string of the molecule is CC(=O)Nc1ccc(OC(=O)C2Cc3ccccc3CN2C(=O)c2ccco2)cc1. The number of ether oxygens (including phenoxy) is 1. The van der Waals surface area contributed by atoms with Crippen LogP contribution < -0.4 is 10.1 Å². The second-order valence-corrected chi connectivity index (χ2v) is 7.03. The van der Waals surface area contributed by atoms with E-state index in [1.54, 1.807) is 36.4 Å². The van der Waals surface area contributed by atoms with E-state index < -0.39 is 12.0 Å². The normalized spacial score (nSPS) is 15.2. The molecule has 0 spiro atoms. The molecular formula is C23H20N2O5. The van der Waals surface area contributed by atoms with Gasteiger partial charge in [-0.05, 0) is 47.5 Å². The first kappa shape index (κ1) is 19.4. The van der Waals surface area contributed by atoms with Crippen molar-refractivity contribution in [3.8, 4) is 5.75 Å². The Bertz CT molecular complexity index is 1070. The van der Waals surface area contributed by atoms with E-state index in [2.05, 4.69) is 5.32 Å². The number of amides is 2. The van der Waals surface area contributed by atoms with Gasteiger partial charge in [0.15, 0.2) is 5.76 Å². The fourth-order valence-corrected chi connectivity index (χ4v) is 3.48. The maximum absolute atomic E-state index is 13.0. The van der Waals surface area contributed by atoms with Gasteiger partial charge in [0.1, 0.15) is 11.8 Å². The van der Waals surface area contributed by atoms with Crippen LogP contribution in [-0.4, -0.2) is 28.7 Å². The quantitative estimate of drug-likeness (QED) is 0.532. The Morgan fingerprint density at radius 1 is 1.00 bits per heavy atom. The van der Waals surface area contributed by atoms with Gasteiger partial charge in [-0.15, -0.1) is 0 Å². The lowest BCUT2D eigenvalue weighted by atomic mass is 9.93. The van der Waals surface area contributed by atoms with Crippen molar-refractivity contribution < 1.29 is 23.5 Å². The number of esters is 1. The average molecular weight is 404 g/mol. The Morgan fingerprint density at radius 2 is 1.73 bits per heavy atom. The summed E-state index contributed by atoms with van der Waals surface area (Å²) in [4.78, 5) is 38.6. The molecular weight excluding hydrogens is 384 g/mol. The van der Waals surface area contributed by atoms with Crippen LogP contribution in [0, 0.1) is 0 Å². The van der Waals surface area contributed by atoms with Crippen molar-refractivity contribution >= 4 is 23.5 Å². The van der Waals surface area contributed by atoms with Crippen LogP contribution in [0.1, 0.15) is 28.6 Å². The molecule has 1 unspecified atom stereocenters. The van der Waals surface area contributed by atoms with E-state index in [1.807, 2.05) is 24.3 Å². The molecule has 2 amide bonds. The Kier molecular flexibility index (Phi) is 5.34. The van der Waals surface area contributed by atoms with Gasteiger partial charge < -0.3 is 19.4 Å². The standard InChI is InChI=1S/C23H20N2O5/c1-15(26)24-18-8-10-19(11-9-18)30-23(28)20-13-16-5-2-3-6-17(16)14-25(20)22(27)21-7-4-12-29-21/h2-12,20H,13-14H2,1H3,(H,24,26). The summed E-state index contributed by atoms with van der Waals surface area (Å²) in [5, 5.41) is 2.65. The first-order chi connectivity index (χ1) is 14.5. The predicted molar refractivity (Wildman–Crippen MR) is 109 cm³/mol. The van der Waals surface area contributed by atoms with Crippen LogP contribution >= 0.6 is 0 Å². The van der Waals surface area contributed by atoms with Gasteiger partial charge in [-0.1, -0.05) is 24.3 Å². The minimum Gasteiger partial charge on any atom is -0.459 e. The Labute approximate surface area is 173 Å². The zero-order chi connectivity index (χ0) is 21.1. The number of carbonyl (C=O) groups excluding carboxylic acids is 3. The topological polar surface area (TPSA) is 88.9 Å². The second kappa shape index (κ2) is 8.24. The Morgan fingerprint density at radius 3 is 2.40 bits per heavy atom. The van der Waals surface area contributed by atoms with Crippen LogP contribution in [0.5, 0.6) is 5.75 Å². The minimum absolute atomic E-state index is 0.173. The molecule has 7 heteroatoms. The van der Waals surface area contributed by atoms with E-state index in [0.717, 1.165) is 11.1 Å². The molecule has 1 aromatic heterocycles. The van der Waals surface area contributed by atoms with Crippen LogP contribution in [0.4, 0.5) is 5.69 Å². The molecule has 2 aromatic carbocycles. The molecule has 1 aliphatic heterocycles. The molecule has 0 bridgehead atoms. The highest BCUT2D eigenvalue weighted by molar-refractivity contribution is 5.95. The van der Waals surface area contributed by atoms with E-state index in [4.69, 9.17) is 9.15 Å². The lowest BCUT2D eigenvalue weighted by Crippen LogP contribution is -2.50. The molecule has 7 nitrogen and oxygen atoms in total. The lowest BCUT2D eigenvalue weighted by Gasteiger charge is -2.34. The van der Waals surface area contributed by atoms with Crippen molar-refractivity contribution in [3.05, 3.63) is 83.8 Å². The number of anilines is 1. The van der Waals surface area contributed by atoms with Gasteiger partial charge in [-0.3, -0.25) is 9.59 Å². The first-order valence-electron chi connectivity index (χ1n) is 9.52. The number of hydrogen-bond acceptors (Lipinski definition) is 5. The summed E-state index contributed by atoms with van der Waals surface area (Å²) in [5.74, 6) is -0.577. The molecule has 0 fully saturated rings. The third kappa shape index (κ3) is 4.10. The van der Waals surface area contributed by atoms with Gasteiger partial charge in [0.25, 0.3) is 5.91 Å². The minimum atomic E-state index is -0.785. The van der Waals surface area contributed by atoms with E-state index in [1.165, 1.54) is 18.1 Å². The van der Waals surface area contributed by atoms with Gasteiger partial charge in [-0.2, -0.15) is 0 Å². The fourth-order valence-electron chi connectivity index (χ4n) is 3.48. The van der Waals surface area contributed by atoms with Crippen LogP contribution in [0.3, 0.4) is 0 Å². The second-order valence-electron chi connectivity index (χ2n) is 7.03. The third-order valence-electron chi connectivity index (χ3n) is 4.91. The van der Waals surface area contributed by atoms with Crippen molar-refractivity contribution in [2.24, 2.45) is 0 Å². The third-order valence-corrected chi connectivity index (χ3v) is 4.91. The van der Waals surface area contributed by atoms with Crippen molar-refractivity contribution in [3.63, 3.8) is 0 Å². The molecule has 30 heavy (non-hydrogen) atoms. The molecule has 0 aliphatic carbocycles. The molecule has 0 radical (unpaired) electrons. The highest BCUT2D eigenvalue weighted by Gasteiger charge is 2.37. The summed E-state index contributed by atoms with van der Waals surface area (Å²) in [6.45, 7) is 1.70. The van der Waals surface area contributed by atoms with Crippen LogP contribution in [0.25, 0.3) is 0 Å². The average Bonchev–Trinajstić information content (AvgIpc) is 3.28. The van der Waals surface area contributed by atoms with Gasteiger partial charge in [-0.25, -0.2) is 4.79 Å². The van der Waals surface area contributed by atoms with Crippen molar-refractivity contribution in [1.82, 2.24) is 4.90 Å². The summed E-state index contributed by atoms with van der Waals surface area (Å²) >= 11 is 0. The number of carbonyl (C=O) groups is 3. The molecule has 0 saturated heterocycles. The van der Waals surface area contributed by atoms with Gasteiger partial charge in [0.05, 0.1) is 6.26 Å². The maximum atomic E-state index is 13.0. The van der Waals surface area contributed by atoms with E-state index in [-0.39, 0.29) is 24.1 Å². The number of fused-ring (bicyclic) bond motifs is 1. The smallest absolute Gasteiger partial charge is 0.334 e.